The first-order chi connectivity index (χ1) is 13.5. The number of esters is 1. The van der Waals surface area contributed by atoms with E-state index in [1.165, 1.54) is 18.1 Å². The number of ether oxygens (including phenoxy) is 2. The molecule has 0 fully saturated rings. The Bertz CT molecular complexity index is 800. The van der Waals surface area contributed by atoms with Crippen LogP contribution in [0, 0.1) is 0 Å². The number of carbonyl (C=O) groups excluding carboxylic acids is 1. The number of methoxy groups -OCH3 is 1. The molecule has 1 atom stereocenters. The van der Waals surface area contributed by atoms with Crippen molar-refractivity contribution in [1.82, 2.24) is 0 Å². The lowest BCUT2D eigenvalue weighted by atomic mass is 9.98. The molecular formula is C24H34O3Si. The minimum Gasteiger partial charge on any atom is -0.497 e. The summed E-state index contributed by atoms with van der Waals surface area (Å²) in [6, 6.07) is 15.9. The average molecular weight is 399 g/mol. The van der Waals surface area contributed by atoms with Gasteiger partial charge < -0.3 is 9.47 Å². The van der Waals surface area contributed by atoms with Crippen LogP contribution >= 0.6 is 0 Å². The van der Waals surface area contributed by atoms with Gasteiger partial charge >= 0.3 is 5.97 Å². The van der Waals surface area contributed by atoms with E-state index in [4.69, 9.17) is 9.47 Å². The zero-order chi connectivity index (χ0) is 20.6. The Labute approximate surface area is 170 Å². The monoisotopic (exact) mass is 398 g/mol. The normalized spacial score (nSPS) is 13.0. The van der Waals surface area contributed by atoms with Gasteiger partial charge in [-0.05, 0) is 41.8 Å². The summed E-state index contributed by atoms with van der Waals surface area (Å²) in [7, 11) is 0.432. The van der Waals surface area contributed by atoms with E-state index in [0.717, 1.165) is 28.5 Å². The van der Waals surface area contributed by atoms with E-state index < -0.39 is 8.07 Å². The summed E-state index contributed by atoms with van der Waals surface area (Å²) in [5.74, 6) is 0.402. The Morgan fingerprint density at radius 2 is 1.68 bits per heavy atom. The van der Waals surface area contributed by atoms with E-state index in [2.05, 4.69) is 38.6 Å². The molecule has 0 saturated carbocycles. The van der Waals surface area contributed by atoms with Crippen LogP contribution in [0.2, 0.25) is 18.1 Å². The number of hydrogen-bond acceptors (Lipinski definition) is 3. The van der Waals surface area contributed by atoms with Crippen molar-refractivity contribution in [3.8, 4) is 5.75 Å². The molecule has 4 heteroatoms. The summed E-state index contributed by atoms with van der Waals surface area (Å²) >= 11 is 0. The molecule has 0 N–H and O–H groups in total. The Morgan fingerprint density at radius 3 is 2.32 bits per heavy atom. The van der Waals surface area contributed by atoms with Crippen molar-refractivity contribution >= 4 is 24.8 Å². The van der Waals surface area contributed by atoms with Gasteiger partial charge in [-0.1, -0.05) is 74.9 Å². The van der Waals surface area contributed by atoms with Gasteiger partial charge in [0, 0.05) is 0 Å². The molecule has 2 aromatic rings. The average Bonchev–Trinajstić information content (AvgIpc) is 2.75. The third kappa shape index (κ3) is 5.48. The molecule has 0 amide bonds. The van der Waals surface area contributed by atoms with Crippen LogP contribution in [0.15, 0.2) is 48.2 Å². The Balaban J connectivity index is 1.93. The largest absolute Gasteiger partial charge is 0.497 e. The maximum atomic E-state index is 12.5. The lowest BCUT2D eigenvalue weighted by Crippen LogP contribution is -2.28. The standard InChI is InChI=1S/C24H34O3Si/c1-6-28(7-2,8-3)16-10-9-15-27-24(25)19(4)20-11-12-22-18-23(26-5)14-13-21(22)17-20/h10-14,16-19H,6-9,15H2,1-5H3/b16-10+/t19-/m0/s1. The quantitative estimate of drug-likeness (QED) is 0.261. The van der Waals surface area contributed by atoms with E-state index in [9.17, 15) is 4.79 Å². The number of hydrogen-bond donors (Lipinski definition) is 0. The van der Waals surface area contributed by atoms with Crippen LogP contribution in [0.4, 0.5) is 0 Å². The van der Waals surface area contributed by atoms with Gasteiger partial charge in [-0.25, -0.2) is 0 Å². The molecule has 0 aromatic heterocycles. The second-order valence-corrected chi connectivity index (χ2v) is 12.7. The predicted octanol–water partition coefficient (Wildman–Crippen LogP) is 6.49. The van der Waals surface area contributed by atoms with Gasteiger partial charge in [0.25, 0.3) is 0 Å². The van der Waals surface area contributed by atoms with Crippen LogP contribution in [0.5, 0.6) is 5.75 Å². The summed E-state index contributed by atoms with van der Waals surface area (Å²) in [5.41, 5.74) is 3.43. The molecule has 0 aliphatic heterocycles. The van der Waals surface area contributed by atoms with Crippen LogP contribution in [0.25, 0.3) is 10.8 Å². The fourth-order valence-electron chi connectivity index (χ4n) is 3.56. The second kappa shape index (κ2) is 10.5. The lowest BCUT2D eigenvalue weighted by Gasteiger charge is -2.23. The van der Waals surface area contributed by atoms with Gasteiger partial charge in [0.05, 0.1) is 27.7 Å². The third-order valence-electron chi connectivity index (χ3n) is 6.04. The van der Waals surface area contributed by atoms with Crippen molar-refractivity contribution in [1.29, 1.82) is 0 Å². The molecule has 152 valence electrons. The van der Waals surface area contributed by atoms with Crippen molar-refractivity contribution in [2.75, 3.05) is 13.7 Å². The highest BCUT2D eigenvalue weighted by Crippen LogP contribution is 2.26. The van der Waals surface area contributed by atoms with Gasteiger partial charge in [0.1, 0.15) is 5.75 Å². The first kappa shape index (κ1) is 22.2. The molecule has 0 saturated heterocycles. The van der Waals surface area contributed by atoms with E-state index in [0.29, 0.717) is 6.61 Å². The number of carbonyl (C=O) groups is 1. The summed E-state index contributed by atoms with van der Waals surface area (Å²) in [5, 5.41) is 2.20. The molecule has 0 unspecified atom stereocenters. The molecule has 2 rings (SSSR count). The topological polar surface area (TPSA) is 35.5 Å². The van der Waals surface area contributed by atoms with E-state index in [-0.39, 0.29) is 11.9 Å². The Hall–Kier alpha value is -2.07. The molecule has 0 aliphatic carbocycles. The summed E-state index contributed by atoms with van der Waals surface area (Å²) in [6.45, 7) is 9.25. The van der Waals surface area contributed by atoms with Crippen molar-refractivity contribution < 1.29 is 14.3 Å². The summed E-state index contributed by atoms with van der Waals surface area (Å²) < 4.78 is 10.8. The molecule has 2 aromatic carbocycles. The maximum absolute atomic E-state index is 12.5. The molecule has 0 heterocycles. The second-order valence-electron chi connectivity index (χ2n) is 7.48. The first-order valence-electron chi connectivity index (χ1n) is 10.4. The van der Waals surface area contributed by atoms with Crippen LogP contribution in [0.1, 0.15) is 45.6 Å². The lowest BCUT2D eigenvalue weighted by molar-refractivity contribution is -0.144. The highest BCUT2D eigenvalue weighted by Gasteiger charge is 2.22. The van der Waals surface area contributed by atoms with E-state index in [1.54, 1.807) is 7.11 Å². The molecular weight excluding hydrogens is 364 g/mol. The molecule has 0 radical (unpaired) electrons. The van der Waals surface area contributed by atoms with Crippen LogP contribution in [-0.2, 0) is 9.53 Å². The van der Waals surface area contributed by atoms with Gasteiger partial charge in [0.15, 0.2) is 0 Å². The minimum absolute atomic E-state index is 0.161. The number of rotatable bonds is 10. The zero-order valence-electron chi connectivity index (χ0n) is 18.0. The zero-order valence-corrected chi connectivity index (χ0v) is 19.0. The minimum atomic E-state index is -1.23. The van der Waals surface area contributed by atoms with Crippen molar-refractivity contribution in [3.63, 3.8) is 0 Å². The fraction of sp³-hybridized carbons (Fsp3) is 0.458. The highest BCUT2D eigenvalue weighted by atomic mass is 28.3. The van der Waals surface area contributed by atoms with Gasteiger partial charge in [-0.2, -0.15) is 0 Å². The smallest absolute Gasteiger partial charge is 0.313 e. The predicted molar refractivity (Wildman–Crippen MR) is 121 cm³/mol. The molecule has 0 bridgehead atoms. The van der Waals surface area contributed by atoms with Crippen molar-refractivity contribution in [2.45, 2.75) is 58.2 Å². The van der Waals surface area contributed by atoms with Crippen LogP contribution in [0.3, 0.4) is 0 Å². The van der Waals surface area contributed by atoms with Gasteiger partial charge in [0.2, 0.25) is 0 Å². The van der Waals surface area contributed by atoms with E-state index >= 15 is 0 Å². The van der Waals surface area contributed by atoms with Crippen LogP contribution in [-0.4, -0.2) is 27.8 Å². The van der Waals surface area contributed by atoms with Gasteiger partial charge in [-0.3, -0.25) is 4.79 Å². The molecule has 0 spiro atoms. The van der Waals surface area contributed by atoms with Crippen molar-refractivity contribution in [2.24, 2.45) is 0 Å². The highest BCUT2D eigenvalue weighted by molar-refractivity contribution is 6.84. The first-order valence-corrected chi connectivity index (χ1v) is 13.1. The van der Waals surface area contributed by atoms with Crippen LogP contribution < -0.4 is 4.74 Å². The Morgan fingerprint density at radius 1 is 1.04 bits per heavy atom. The third-order valence-corrected chi connectivity index (χ3v) is 11.2. The molecule has 0 aliphatic rings. The SMILES string of the molecule is CC[Si](/C=C/CCOC(=O)[C@@H](C)c1ccc2cc(OC)ccc2c1)(CC)CC. The fourth-order valence-corrected chi connectivity index (χ4v) is 6.44. The van der Waals surface area contributed by atoms with E-state index in [1.807, 2.05) is 37.3 Å². The summed E-state index contributed by atoms with van der Waals surface area (Å²) in [4.78, 5) is 12.5. The van der Waals surface area contributed by atoms with Gasteiger partial charge in [-0.15, -0.1) is 0 Å². The molecule has 3 nitrogen and oxygen atoms in total. The summed E-state index contributed by atoms with van der Waals surface area (Å²) in [6.07, 6.45) is 3.02. The van der Waals surface area contributed by atoms with Crippen molar-refractivity contribution in [3.05, 3.63) is 53.7 Å². The maximum Gasteiger partial charge on any atom is 0.313 e. The Kier molecular flexibility index (Phi) is 8.30. The molecule has 28 heavy (non-hydrogen) atoms. The number of benzene rings is 2. The number of fused-ring (bicyclic) bond motifs is 1.